The number of allylic oxidation sites excluding steroid dienone is 2. The van der Waals surface area contributed by atoms with E-state index in [0.717, 1.165) is 6.42 Å². The lowest BCUT2D eigenvalue weighted by Crippen LogP contribution is -2.35. The SMILES string of the molecule is COC(=O)C1(C=C(C)C(=O)O)CC2C=CC1C2. The number of carbonyl (C=O) groups is 2. The predicted octanol–water partition coefficient (Wildman–Crippen LogP) is 1.77. The molecule has 0 spiro atoms. The highest BCUT2D eigenvalue weighted by atomic mass is 16.5. The summed E-state index contributed by atoms with van der Waals surface area (Å²) >= 11 is 0. The van der Waals surface area contributed by atoms with Crippen molar-refractivity contribution in [3.63, 3.8) is 0 Å². The van der Waals surface area contributed by atoms with Crippen LogP contribution in [0.4, 0.5) is 0 Å². The Labute approximate surface area is 100.0 Å². The molecule has 0 aromatic rings. The highest BCUT2D eigenvalue weighted by molar-refractivity contribution is 5.89. The highest BCUT2D eigenvalue weighted by Gasteiger charge is 2.53. The summed E-state index contributed by atoms with van der Waals surface area (Å²) in [5.41, 5.74) is -0.562. The lowest BCUT2D eigenvalue weighted by molar-refractivity contribution is -0.151. The predicted molar refractivity (Wildman–Crippen MR) is 61.2 cm³/mol. The van der Waals surface area contributed by atoms with E-state index in [0.29, 0.717) is 12.3 Å². The molecule has 2 bridgehead atoms. The number of carboxylic acids is 1. The van der Waals surface area contributed by atoms with Gasteiger partial charge in [0.1, 0.15) is 0 Å². The van der Waals surface area contributed by atoms with Crippen molar-refractivity contribution in [3.05, 3.63) is 23.8 Å². The number of methoxy groups -OCH3 is 1. The van der Waals surface area contributed by atoms with Crippen LogP contribution in [0.1, 0.15) is 19.8 Å². The fraction of sp³-hybridized carbons (Fsp3) is 0.538. The van der Waals surface area contributed by atoms with Crippen LogP contribution in [0.25, 0.3) is 0 Å². The molecule has 1 fully saturated rings. The molecular weight excluding hydrogens is 220 g/mol. The highest BCUT2D eigenvalue weighted by Crippen LogP contribution is 2.54. The van der Waals surface area contributed by atoms with E-state index in [9.17, 15) is 9.59 Å². The maximum Gasteiger partial charge on any atom is 0.330 e. The first kappa shape index (κ1) is 11.9. The molecule has 1 saturated carbocycles. The van der Waals surface area contributed by atoms with Crippen LogP contribution in [0.2, 0.25) is 0 Å². The van der Waals surface area contributed by atoms with Crippen molar-refractivity contribution >= 4 is 11.9 Å². The number of hydrogen-bond donors (Lipinski definition) is 1. The lowest BCUT2D eigenvalue weighted by Gasteiger charge is -2.29. The van der Waals surface area contributed by atoms with Gasteiger partial charge < -0.3 is 9.84 Å². The van der Waals surface area contributed by atoms with Crippen LogP contribution in [0.5, 0.6) is 0 Å². The first-order valence-corrected chi connectivity index (χ1v) is 5.69. The molecule has 0 heterocycles. The second-order valence-corrected chi connectivity index (χ2v) is 4.86. The van der Waals surface area contributed by atoms with Gasteiger partial charge in [-0.25, -0.2) is 4.79 Å². The standard InChI is InChI=1S/C13H16O4/c1-8(11(14)15)6-13(12(16)17-2)7-9-3-4-10(13)5-9/h3-4,6,9-10H,5,7H2,1-2H3,(H,14,15). The Morgan fingerprint density at radius 1 is 1.47 bits per heavy atom. The van der Waals surface area contributed by atoms with Crippen LogP contribution >= 0.6 is 0 Å². The maximum absolute atomic E-state index is 12.0. The van der Waals surface area contributed by atoms with Gasteiger partial charge in [0.2, 0.25) is 0 Å². The Balaban J connectivity index is 2.40. The van der Waals surface area contributed by atoms with Crippen molar-refractivity contribution in [2.24, 2.45) is 17.3 Å². The minimum absolute atomic E-state index is 0.0780. The largest absolute Gasteiger partial charge is 0.478 e. The van der Waals surface area contributed by atoms with Crippen molar-refractivity contribution in [1.29, 1.82) is 0 Å². The molecule has 2 aliphatic rings. The third-order valence-electron chi connectivity index (χ3n) is 3.81. The van der Waals surface area contributed by atoms with Crippen LogP contribution in [0.15, 0.2) is 23.8 Å². The van der Waals surface area contributed by atoms with E-state index in [4.69, 9.17) is 9.84 Å². The number of aliphatic carboxylic acids is 1. The molecule has 2 rings (SSSR count). The monoisotopic (exact) mass is 236 g/mol. The molecule has 92 valence electrons. The molecule has 17 heavy (non-hydrogen) atoms. The molecule has 4 nitrogen and oxygen atoms in total. The molecule has 0 aromatic carbocycles. The van der Waals surface area contributed by atoms with Gasteiger partial charge in [0, 0.05) is 5.57 Å². The van der Waals surface area contributed by atoms with Crippen molar-refractivity contribution in [3.8, 4) is 0 Å². The first-order chi connectivity index (χ1) is 7.99. The van der Waals surface area contributed by atoms with Crippen LogP contribution in [0.3, 0.4) is 0 Å². The number of carbonyl (C=O) groups excluding carboxylic acids is 1. The molecule has 4 heteroatoms. The number of hydrogen-bond acceptors (Lipinski definition) is 3. The Bertz CT molecular complexity index is 421. The average molecular weight is 236 g/mol. The van der Waals surface area contributed by atoms with Gasteiger partial charge in [-0.15, -0.1) is 0 Å². The molecule has 3 unspecified atom stereocenters. The van der Waals surface area contributed by atoms with Crippen LogP contribution in [0, 0.1) is 17.3 Å². The fourth-order valence-electron chi connectivity index (χ4n) is 2.99. The molecule has 2 aliphatic carbocycles. The summed E-state index contributed by atoms with van der Waals surface area (Å²) in [4.78, 5) is 22.9. The summed E-state index contributed by atoms with van der Waals surface area (Å²) in [5, 5.41) is 8.94. The van der Waals surface area contributed by atoms with E-state index in [1.165, 1.54) is 14.0 Å². The Morgan fingerprint density at radius 3 is 2.59 bits per heavy atom. The molecule has 0 amide bonds. The third-order valence-corrected chi connectivity index (χ3v) is 3.81. The second kappa shape index (κ2) is 4.02. The summed E-state index contributed by atoms with van der Waals surface area (Å²) in [7, 11) is 1.35. The average Bonchev–Trinajstić information content (AvgIpc) is 2.88. The molecule has 1 N–H and O–H groups in total. The summed E-state index contributed by atoms with van der Waals surface area (Å²) < 4.78 is 4.86. The zero-order valence-corrected chi connectivity index (χ0v) is 9.97. The fourth-order valence-corrected chi connectivity index (χ4v) is 2.99. The van der Waals surface area contributed by atoms with Gasteiger partial charge in [0.05, 0.1) is 12.5 Å². The number of ether oxygens (including phenoxy) is 1. The van der Waals surface area contributed by atoms with Crippen LogP contribution in [-0.4, -0.2) is 24.2 Å². The van der Waals surface area contributed by atoms with Crippen LogP contribution < -0.4 is 0 Å². The van der Waals surface area contributed by atoms with E-state index in [1.807, 2.05) is 6.08 Å². The minimum Gasteiger partial charge on any atom is -0.478 e. The molecule has 0 radical (unpaired) electrons. The summed E-state index contributed by atoms with van der Waals surface area (Å²) in [6.45, 7) is 1.52. The van der Waals surface area contributed by atoms with Crippen molar-refractivity contribution < 1.29 is 19.4 Å². The van der Waals surface area contributed by atoms with Gasteiger partial charge >= 0.3 is 11.9 Å². The van der Waals surface area contributed by atoms with Crippen molar-refractivity contribution in [2.75, 3.05) is 7.11 Å². The molecule has 0 aliphatic heterocycles. The van der Waals surface area contributed by atoms with Gasteiger partial charge in [-0.05, 0) is 31.6 Å². The van der Waals surface area contributed by atoms with Crippen molar-refractivity contribution in [2.45, 2.75) is 19.8 Å². The zero-order chi connectivity index (χ0) is 12.6. The Morgan fingerprint density at radius 2 is 2.18 bits per heavy atom. The summed E-state index contributed by atoms with van der Waals surface area (Å²) in [6.07, 6.45) is 7.27. The van der Waals surface area contributed by atoms with Crippen molar-refractivity contribution in [1.82, 2.24) is 0 Å². The second-order valence-electron chi connectivity index (χ2n) is 4.86. The van der Waals surface area contributed by atoms with Gasteiger partial charge in [0.15, 0.2) is 0 Å². The smallest absolute Gasteiger partial charge is 0.330 e. The van der Waals surface area contributed by atoms with Gasteiger partial charge in [-0.2, -0.15) is 0 Å². The van der Waals surface area contributed by atoms with Gasteiger partial charge in [-0.3, -0.25) is 4.79 Å². The zero-order valence-electron chi connectivity index (χ0n) is 9.97. The van der Waals surface area contributed by atoms with Gasteiger partial charge in [0.25, 0.3) is 0 Å². The van der Waals surface area contributed by atoms with E-state index in [1.54, 1.807) is 6.08 Å². The third kappa shape index (κ3) is 1.77. The number of rotatable bonds is 3. The van der Waals surface area contributed by atoms with Crippen LogP contribution in [-0.2, 0) is 14.3 Å². The normalized spacial score (nSPS) is 35.1. The van der Waals surface area contributed by atoms with E-state index in [2.05, 4.69) is 6.08 Å². The molecule has 3 atom stereocenters. The lowest BCUT2D eigenvalue weighted by atomic mass is 9.74. The number of fused-ring (bicyclic) bond motifs is 2. The Kier molecular flexibility index (Phi) is 2.81. The van der Waals surface area contributed by atoms with E-state index in [-0.39, 0.29) is 17.5 Å². The van der Waals surface area contributed by atoms with E-state index >= 15 is 0 Å². The summed E-state index contributed by atoms with van der Waals surface area (Å²) in [6, 6.07) is 0. The first-order valence-electron chi connectivity index (χ1n) is 5.69. The number of carboxylic acid groups (broad SMARTS) is 1. The summed E-state index contributed by atoms with van der Waals surface area (Å²) in [5.74, 6) is -0.860. The Hall–Kier alpha value is -1.58. The molecule has 0 saturated heterocycles. The minimum atomic E-state index is -0.986. The maximum atomic E-state index is 12.0. The quantitative estimate of drug-likeness (QED) is 0.461. The molecular formula is C13H16O4. The van der Waals surface area contributed by atoms with E-state index < -0.39 is 11.4 Å². The van der Waals surface area contributed by atoms with Gasteiger partial charge in [-0.1, -0.05) is 18.2 Å². The number of esters is 1. The molecule has 0 aromatic heterocycles. The topological polar surface area (TPSA) is 63.6 Å².